The van der Waals surface area contributed by atoms with Crippen molar-refractivity contribution in [3.8, 4) is 0 Å². The smallest absolute Gasteiger partial charge is 0.320 e. The molecule has 116 valence electrons. The summed E-state index contributed by atoms with van der Waals surface area (Å²) in [6.07, 6.45) is 3.40. The van der Waals surface area contributed by atoms with E-state index in [1.807, 2.05) is 0 Å². The Bertz CT molecular complexity index is 483. The highest BCUT2D eigenvalue weighted by atomic mass is 16.5. The molecule has 0 spiro atoms. The van der Waals surface area contributed by atoms with E-state index in [0.29, 0.717) is 25.7 Å². The first-order valence-corrected chi connectivity index (χ1v) is 7.51. The fraction of sp³-hybridized carbons (Fsp3) is 0.688. The minimum Gasteiger partial charge on any atom is -0.465 e. The Labute approximate surface area is 124 Å². The van der Waals surface area contributed by atoms with Gasteiger partial charge in [-0.3, -0.25) is 14.4 Å². The molecule has 0 aliphatic heterocycles. The molecule has 21 heavy (non-hydrogen) atoms. The number of rotatable bonds is 5. The number of carbonyl (C=O) groups is 3. The highest BCUT2D eigenvalue weighted by Crippen LogP contribution is 2.60. The molecule has 0 saturated heterocycles. The summed E-state index contributed by atoms with van der Waals surface area (Å²) in [7, 11) is 0. The van der Waals surface area contributed by atoms with E-state index in [1.165, 1.54) is 0 Å². The van der Waals surface area contributed by atoms with Crippen molar-refractivity contribution in [2.75, 3.05) is 13.2 Å². The highest BCUT2D eigenvalue weighted by Gasteiger charge is 2.70. The average Bonchev–Trinajstić information content (AvgIpc) is 2.61. The average molecular weight is 294 g/mol. The van der Waals surface area contributed by atoms with Gasteiger partial charge in [-0.25, -0.2) is 0 Å². The maximum absolute atomic E-state index is 13.0. The predicted octanol–water partition coefficient (Wildman–Crippen LogP) is 2.04. The molecule has 2 aliphatic carbocycles. The van der Waals surface area contributed by atoms with Gasteiger partial charge < -0.3 is 9.47 Å². The summed E-state index contributed by atoms with van der Waals surface area (Å²) in [6, 6.07) is 0. The van der Waals surface area contributed by atoms with Gasteiger partial charge in [-0.05, 0) is 33.1 Å². The number of allylic oxidation sites excluding steroid dienone is 1. The molecule has 0 aromatic heterocycles. The van der Waals surface area contributed by atoms with Crippen LogP contribution in [0.2, 0.25) is 0 Å². The van der Waals surface area contributed by atoms with Gasteiger partial charge in [0.1, 0.15) is 10.8 Å². The van der Waals surface area contributed by atoms with E-state index in [9.17, 15) is 14.4 Å². The molecule has 0 N–H and O–H groups in total. The molecule has 2 aliphatic rings. The van der Waals surface area contributed by atoms with Gasteiger partial charge >= 0.3 is 11.9 Å². The molecule has 2 bridgehead atoms. The van der Waals surface area contributed by atoms with E-state index in [-0.39, 0.29) is 24.9 Å². The Morgan fingerprint density at radius 2 is 1.86 bits per heavy atom. The third-order valence-electron chi connectivity index (χ3n) is 4.81. The van der Waals surface area contributed by atoms with Crippen molar-refractivity contribution in [1.29, 1.82) is 0 Å². The number of carbonyl (C=O) groups excluding carboxylic acids is 3. The van der Waals surface area contributed by atoms with Gasteiger partial charge in [-0.1, -0.05) is 12.5 Å². The molecule has 2 fully saturated rings. The normalized spacial score (nSPS) is 34.4. The number of hydrogen-bond donors (Lipinski definition) is 0. The lowest BCUT2D eigenvalue weighted by molar-refractivity contribution is -0.169. The van der Waals surface area contributed by atoms with Gasteiger partial charge in [0, 0.05) is 5.92 Å². The fourth-order valence-electron chi connectivity index (χ4n) is 3.86. The van der Waals surface area contributed by atoms with Gasteiger partial charge in [-0.2, -0.15) is 0 Å². The zero-order valence-electron chi connectivity index (χ0n) is 12.6. The van der Waals surface area contributed by atoms with E-state index in [2.05, 4.69) is 6.58 Å². The molecule has 2 saturated carbocycles. The zero-order valence-corrected chi connectivity index (χ0v) is 12.6. The Hall–Kier alpha value is -1.65. The molecule has 0 unspecified atom stereocenters. The van der Waals surface area contributed by atoms with Crippen LogP contribution in [0.15, 0.2) is 12.7 Å². The molecule has 0 radical (unpaired) electrons. The van der Waals surface area contributed by atoms with Crippen LogP contribution in [0.25, 0.3) is 0 Å². The van der Waals surface area contributed by atoms with Crippen LogP contribution in [0.5, 0.6) is 0 Å². The molecule has 0 aromatic carbocycles. The van der Waals surface area contributed by atoms with Crippen molar-refractivity contribution in [2.45, 2.75) is 39.5 Å². The van der Waals surface area contributed by atoms with Crippen LogP contribution < -0.4 is 0 Å². The zero-order chi connectivity index (χ0) is 15.7. The second kappa shape index (κ2) is 5.62. The SMILES string of the molecule is C=C[C@H]1C[C@@]2(C(=O)OCC)CCC[C@]1(C(=O)OCC)C2=O. The summed E-state index contributed by atoms with van der Waals surface area (Å²) in [5, 5.41) is 0. The lowest BCUT2D eigenvalue weighted by atomic mass is 9.66. The molecule has 0 amide bonds. The minimum atomic E-state index is -1.25. The standard InChI is InChI=1S/C16H22O5/c1-4-11-10-15(13(18)20-5-2)8-7-9-16(11,12(15)17)14(19)21-6-3/h4,11H,1,5-10H2,2-3H3/t11-,15-,16+/m0/s1. The molecule has 0 aromatic rings. The summed E-state index contributed by atoms with van der Waals surface area (Å²) in [6.45, 7) is 7.60. The Morgan fingerprint density at radius 3 is 2.43 bits per heavy atom. The molecule has 5 heteroatoms. The number of esters is 2. The van der Waals surface area contributed by atoms with Crippen molar-refractivity contribution in [1.82, 2.24) is 0 Å². The van der Waals surface area contributed by atoms with Gasteiger partial charge in [-0.15, -0.1) is 6.58 Å². The number of fused-ring (bicyclic) bond motifs is 2. The first-order chi connectivity index (χ1) is 9.99. The number of ketones is 1. The second-order valence-electron chi connectivity index (χ2n) is 5.72. The summed E-state index contributed by atoms with van der Waals surface area (Å²) >= 11 is 0. The Kier molecular flexibility index (Phi) is 4.21. The van der Waals surface area contributed by atoms with Crippen molar-refractivity contribution >= 4 is 17.7 Å². The van der Waals surface area contributed by atoms with Crippen LogP contribution in [0.4, 0.5) is 0 Å². The molecular formula is C16H22O5. The largest absolute Gasteiger partial charge is 0.465 e. The first-order valence-electron chi connectivity index (χ1n) is 7.51. The van der Waals surface area contributed by atoms with E-state index in [4.69, 9.17) is 9.47 Å². The third kappa shape index (κ3) is 2.01. The van der Waals surface area contributed by atoms with Crippen LogP contribution in [-0.4, -0.2) is 30.9 Å². The maximum Gasteiger partial charge on any atom is 0.320 e. The van der Waals surface area contributed by atoms with Gasteiger partial charge in [0.2, 0.25) is 0 Å². The Balaban J connectivity index is 2.46. The van der Waals surface area contributed by atoms with Crippen molar-refractivity contribution in [2.24, 2.45) is 16.7 Å². The quantitative estimate of drug-likeness (QED) is 0.441. The van der Waals surface area contributed by atoms with Crippen molar-refractivity contribution in [3.63, 3.8) is 0 Å². The molecule has 0 heterocycles. The van der Waals surface area contributed by atoms with Crippen LogP contribution in [-0.2, 0) is 23.9 Å². The van der Waals surface area contributed by atoms with E-state index in [1.54, 1.807) is 19.9 Å². The molecule has 5 nitrogen and oxygen atoms in total. The minimum absolute atomic E-state index is 0.212. The summed E-state index contributed by atoms with van der Waals surface area (Å²) in [5.74, 6) is -1.72. The summed E-state index contributed by atoms with van der Waals surface area (Å²) in [5.41, 5.74) is -2.44. The predicted molar refractivity (Wildman–Crippen MR) is 75.3 cm³/mol. The molecule has 2 rings (SSSR count). The highest BCUT2D eigenvalue weighted by molar-refractivity contribution is 6.17. The monoisotopic (exact) mass is 294 g/mol. The first kappa shape index (κ1) is 15.7. The van der Waals surface area contributed by atoms with Crippen molar-refractivity contribution < 1.29 is 23.9 Å². The molecular weight excluding hydrogens is 272 g/mol. The van der Waals surface area contributed by atoms with Crippen LogP contribution in [0.3, 0.4) is 0 Å². The van der Waals surface area contributed by atoms with Crippen LogP contribution in [0, 0.1) is 16.7 Å². The summed E-state index contributed by atoms with van der Waals surface area (Å²) in [4.78, 5) is 37.8. The van der Waals surface area contributed by atoms with Gasteiger partial charge in [0.05, 0.1) is 13.2 Å². The van der Waals surface area contributed by atoms with Crippen LogP contribution in [0.1, 0.15) is 39.5 Å². The second-order valence-corrected chi connectivity index (χ2v) is 5.72. The summed E-state index contributed by atoms with van der Waals surface area (Å²) < 4.78 is 10.2. The lowest BCUT2D eigenvalue weighted by Crippen LogP contribution is -2.50. The third-order valence-corrected chi connectivity index (χ3v) is 4.81. The maximum atomic E-state index is 13.0. The fourth-order valence-corrected chi connectivity index (χ4v) is 3.86. The number of ether oxygens (including phenoxy) is 2. The van der Waals surface area contributed by atoms with Crippen LogP contribution >= 0.6 is 0 Å². The van der Waals surface area contributed by atoms with E-state index in [0.717, 1.165) is 0 Å². The van der Waals surface area contributed by atoms with E-state index >= 15 is 0 Å². The van der Waals surface area contributed by atoms with Crippen molar-refractivity contribution in [3.05, 3.63) is 12.7 Å². The Morgan fingerprint density at radius 1 is 1.24 bits per heavy atom. The lowest BCUT2D eigenvalue weighted by Gasteiger charge is -2.35. The van der Waals surface area contributed by atoms with Gasteiger partial charge in [0.25, 0.3) is 0 Å². The van der Waals surface area contributed by atoms with E-state index < -0.39 is 22.8 Å². The number of hydrogen-bond acceptors (Lipinski definition) is 5. The molecule has 3 atom stereocenters. The van der Waals surface area contributed by atoms with Gasteiger partial charge in [0.15, 0.2) is 5.78 Å². The topological polar surface area (TPSA) is 69.7 Å². The number of Topliss-reactive ketones (excluding diaryl/α,β-unsaturated/α-hetero) is 1.